The molecule has 0 aliphatic heterocycles. The highest BCUT2D eigenvalue weighted by Gasteiger charge is 2.25. The summed E-state index contributed by atoms with van der Waals surface area (Å²) >= 11 is 0. The van der Waals surface area contributed by atoms with E-state index in [0.717, 1.165) is 39.5 Å². The molecule has 0 aliphatic rings. The Kier molecular flexibility index (Phi) is 5.30. The topological polar surface area (TPSA) is 29.7 Å². The van der Waals surface area contributed by atoms with E-state index in [-0.39, 0.29) is 0 Å². The molecular weight excluding hydrogens is 390 g/mol. The minimum atomic E-state index is 0.955. The van der Waals surface area contributed by atoms with Crippen molar-refractivity contribution in [1.82, 2.24) is 9.97 Å². The molecule has 0 atom stereocenters. The van der Waals surface area contributed by atoms with E-state index in [2.05, 4.69) is 107 Å². The number of nitrogens with zero attached hydrogens (tertiary/aromatic N) is 3. The summed E-state index contributed by atoms with van der Waals surface area (Å²) in [4.78, 5) is 8.87. The first kappa shape index (κ1) is 19.8. The molecular formula is C29H24N3+. The molecule has 3 nitrogen and oxygen atoms in total. The molecule has 0 spiro atoms. The largest absolute Gasteiger partial charge is 0.264 e. The molecule has 0 fully saturated rings. The Labute approximate surface area is 188 Å². The molecule has 0 aliphatic carbocycles. The van der Waals surface area contributed by atoms with Crippen LogP contribution in [-0.4, -0.2) is 9.97 Å². The fourth-order valence-electron chi connectivity index (χ4n) is 3.92. The summed E-state index contributed by atoms with van der Waals surface area (Å²) in [5, 5.41) is 0. The van der Waals surface area contributed by atoms with Crippen LogP contribution in [0.5, 0.6) is 0 Å². The second-order valence-corrected chi connectivity index (χ2v) is 8.00. The van der Waals surface area contributed by atoms with Crippen molar-refractivity contribution in [3.05, 3.63) is 121 Å². The van der Waals surface area contributed by atoms with E-state index in [4.69, 9.17) is 0 Å². The lowest BCUT2D eigenvalue weighted by atomic mass is 10.00. The third-order valence-corrected chi connectivity index (χ3v) is 5.64. The quantitative estimate of drug-likeness (QED) is 0.320. The van der Waals surface area contributed by atoms with Crippen LogP contribution < -0.4 is 4.57 Å². The van der Waals surface area contributed by atoms with E-state index in [9.17, 15) is 0 Å². The number of pyridine rings is 3. The van der Waals surface area contributed by atoms with Crippen LogP contribution in [-0.2, 0) is 0 Å². The SMILES string of the molecule is Cc1ccc(-c2cc(-c3ccccn3)cc(-c3ccc(C)cc3)[n+]2-c2ccncc2)cc1. The highest BCUT2D eigenvalue weighted by Crippen LogP contribution is 2.30. The zero-order valence-electron chi connectivity index (χ0n) is 18.2. The standard InChI is InChI=1S/C29H24N3/c1-21-6-10-23(11-7-21)28-19-25(27-5-3-4-16-31-27)20-29(24-12-8-22(2)9-13-24)32(28)26-14-17-30-18-15-26/h3-20H,1-2H3/q+1. The smallest absolute Gasteiger partial charge is 0.219 e. The van der Waals surface area contributed by atoms with Gasteiger partial charge in [-0.2, -0.15) is 4.57 Å². The van der Waals surface area contributed by atoms with Crippen LogP contribution in [0.1, 0.15) is 11.1 Å². The summed E-state index contributed by atoms with van der Waals surface area (Å²) in [6, 6.07) is 32.0. The summed E-state index contributed by atoms with van der Waals surface area (Å²) in [6.45, 7) is 4.23. The number of rotatable bonds is 4. The fraction of sp³-hybridized carbons (Fsp3) is 0.0690. The highest BCUT2D eigenvalue weighted by molar-refractivity contribution is 5.72. The number of aryl methyl sites for hydroxylation is 2. The van der Waals surface area contributed by atoms with Crippen molar-refractivity contribution in [2.45, 2.75) is 13.8 Å². The third kappa shape index (κ3) is 3.93. The molecule has 3 aromatic heterocycles. The predicted molar refractivity (Wildman–Crippen MR) is 129 cm³/mol. The first-order valence-corrected chi connectivity index (χ1v) is 10.7. The second-order valence-electron chi connectivity index (χ2n) is 8.00. The molecule has 0 N–H and O–H groups in total. The Hall–Kier alpha value is -4.11. The Morgan fingerprint density at radius 3 is 1.62 bits per heavy atom. The van der Waals surface area contributed by atoms with Crippen LogP contribution in [0.2, 0.25) is 0 Å². The van der Waals surface area contributed by atoms with Crippen LogP contribution in [0.3, 0.4) is 0 Å². The van der Waals surface area contributed by atoms with Crippen molar-refractivity contribution < 1.29 is 4.57 Å². The number of aromatic nitrogens is 3. The first-order chi connectivity index (χ1) is 15.7. The minimum absolute atomic E-state index is 0.955. The van der Waals surface area contributed by atoms with Gasteiger partial charge < -0.3 is 0 Å². The molecule has 5 aromatic rings. The van der Waals surface area contributed by atoms with E-state index in [1.54, 1.807) is 0 Å². The summed E-state index contributed by atoms with van der Waals surface area (Å²) < 4.78 is 2.31. The van der Waals surface area contributed by atoms with Crippen molar-refractivity contribution in [3.63, 3.8) is 0 Å². The lowest BCUT2D eigenvalue weighted by Crippen LogP contribution is -2.36. The van der Waals surface area contributed by atoms with E-state index in [0.29, 0.717) is 0 Å². The van der Waals surface area contributed by atoms with E-state index in [1.807, 2.05) is 30.7 Å². The zero-order valence-corrected chi connectivity index (χ0v) is 18.2. The molecule has 0 unspecified atom stereocenters. The normalized spacial score (nSPS) is 10.8. The van der Waals surface area contributed by atoms with Crippen LogP contribution in [0.25, 0.3) is 39.5 Å². The van der Waals surface area contributed by atoms with E-state index < -0.39 is 0 Å². The van der Waals surface area contributed by atoms with E-state index >= 15 is 0 Å². The molecule has 5 rings (SSSR count). The lowest BCUT2D eigenvalue weighted by Gasteiger charge is -2.12. The van der Waals surface area contributed by atoms with Gasteiger partial charge in [-0.05, 0) is 50.2 Å². The average molecular weight is 415 g/mol. The Balaban J connectivity index is 1.86. The summed E-state index contributed by atoms with van der Waals surface area (Å²) in [7, 11) is 0. The maximum absolute atomic E-state index is 4.63. The molecule has 3 heterocycles. The van der Waals surface area contributed by atoms with Crippen molar-refractivity contribution in [2.75, 3.05) is 0 Å². The van der Waals surface area contributed by atoms with E-state index in [1.165, 1.54) is 11.1 Å². The molecule has 0 radical (unpaired) electrons. The number of benzene rings is 2. The average Bonchev–Trinajstić information content (AvgIpc) is 2.85. The fourth-order valence-corrected chi connectivity index (χ4v) is 3.92. The maximum Gasteiger partial charge on any atom is 0.219 e. The molecule has 154 valence electrons. The van der Waals surface area contributed by atoms with Crippen molar-refractivity contribution >= 4 is 0 Å². The molecule has 0 saturated heterocycles. The molecule has 0 amide bonds. The van der Waals surface area contributed by atoms with Crippen molar-refractivity contribution in [3.8, 4) is 39.5 Å². The van der Waals surface area contributed by atoms with Gasteiger partial charge in [0, 0.05) is 59.5 Å². The molecule has 0 bridgehead atoms. The van der Waals surface area contributed by atoms with Crippen LogP contribution >= 0.6 is 0 Å². The third-order valence-electron chi connectivity index (χ3n) is 5.64. The molecule has 0 saturated carbocycles. The lowest BCUT2D eigenvalue weighted by molar-refractivity contribution is -0.572. The zero-order chi connectivity index (χ0) is 21.9. The molecule has 32 heavy (non-hydrogen) atoms. The Morgan fingerprint density at radius 2 is 1.12 bits per heavy atom. The van der Waals surface area contributed by atoms with Crippen molar-refractivity contribution in [1.29, 1.82) is 0 Å². The summed E-state index contributed by atoms with van der Waals surface area (Å²) in [5.74, 6) is 0. The molecule has 2 aromatic carbocycles. The highest BCUT2D eigenvalue weighted by atomic mass is 15.0. The van der Waals surface area contributed by atoms with Crippen LogP contribution in [0, 0.1) is 13.8 Å². The summed E-state index contributed by atoms with van der Waals surface area (Å²) in [6.07, 6.45) is 5.52. The first-order valence-electron chi connectivity index (χ1n) is 10.7. The Bertz CT molecular complexity index is 1280. The van der Waals surface area contributed by atoms with Gasteiger partial charge in [0.05, 0.1) is 5.69 Å². The van der Waals surface area contributed by atoms with Gasteiger partial charge in [-0.1, -0.05) is 41.5 Å². The summed E-state index contributed by atoms with van der Waals surface area (Å²) in [5.41, 5.74) is 10.1. The monoisotopic (exact) mass is 414 g/mol. The van der Waals surface area contributed by atoms with Gasteiger partial charge in [-0.15, -0.1) is 0 Å². The Morgan fingerprint density at radius 1 is 0.562 bits per heavy atom. The van der Waals surface area contributed by atoms with Gasteiger partial charge in [0.1, 0.15) is 0 Å². The number of hydrogen-bond acceptors (Lipinski definition) is 2. The van der Waals surface area contributed by atoms with Crippen LogP contribution in [0.15, 0.2) is 110 Å². The number of hydrogen-bond donors (Lipinski definition) is 0. The minimum Gasteiger partial charge on any atom is -0.264 e. The van der Waals surface area contributed by atoms with Gasteiger partial charge in [-0.25, -0.2) is 0 Å². The van der Waals surface area contributed by atoms with Gasteiger partial charge in [-0.3, -0.25) is 9.97 Å². The second kappa shape index (κ2) is 8.56. The maximum atomic E-state index is 4.63. The predicted octanol–water partition coefficient (Wildman–Crippen LogP) is 6.37. The van der Waals surface area contributed by atoms with Gasteiger partial charge >= 0.3 is 0 Å². The van der Waals surface area contributed by atoms with Crippen molar-refractivity contribution in [2.24, 2.45) is 0 Å². The molecule has 3 heteroatoms. The van der Waals surface area contributed by atoms with Crippen LogP contribution in [0.4, 0.5) is 0 Å². The van der Waals surface area contributed by atoms with Gasteiger partial charge in [0.25, 0.3) is 0 Å². The van der Waals surface area contributed by atoms with Gasteiger partial charge in [0.2, 0.25) is 17.1 Å². The van der Waals surface area contributed by atoms with Gasteiger partial charge in [0.15, 0.2) is 0 Å².